The number of carbonyl (C=O) groups is 1. The Morgan fingerprint density at radius 3 is 2.80 bits per heavy atom. The van der Waals surface area contributed by atoms with Gasteiger partial charge in [-0.1, -0.05) is 26.2 Å². The number of urea groups is 1. The van der Waals surface area contributed by atoms with Crippen LogP contribution in [0.1, 0.15) is 64.0 Å². The third kappa shape index (κ3) is 4.51. The van der Waals surface area contributed by atoms with Crippen LogP contribution in [0.5, 0.6) is 0 Å². The van der Waals surface area contributed by atoms with Crippen LogP contribution in [-0.4, -0.2) is 44.1 Å². The third-order valence-corrected chi connectivity index (χ3v) is 5.64. The van der Waals surface area contributed by atoms with E-state index in [0.29, 0.717) is 13.1 Å². The highest BCUT2D eigenvalue weighted by Crippen LogP contribution is 2.32. The first-order valence-corrected chi connectivity index (χ1v) is 9.67. The van der Waals surface area contributed by atoms with Gasteiger partial charge < -0.3 is 15.7 Å². The van der Waals surface area contributed by atoms with Gasteiger partial charge in [0.1, 0.15) is 5.82 Å². The Morgan fingerprint density at radius 1 is 1.32 bits per heavy atom. The Balaban J connectivity index is 1.46. The monoisotopic (exact) mass is 349 g/mol. The molecule has 7 heteroatoms. The van der Waals surface area contributed by atoms with Crippen molar-refractivity contribution in [3.63, 3.8) is 0 Å². The first kappa shape index (κ1) is 18.2. The molecule has 2 atom stereocenters. The largest absolute Gasteiger partial charge is 0.388 e. The minimum atomic E-state index is -0.834. The van der Waals surface area contributed by atoms with Gasteiger partial charge in [-0.2, -0.15) is 5.10 Å². The SMILES string of the molecule is CCc1nc2n(n1)C[C@@H](NC(=O)NC[C@@](C)(O)C1CCCCC1)CC2. The number of hydrogen-bond donors (Lipinski definition) is 3. The van der Waals surface area contributed by atoms with Crippen LogP contribution < -0.4 is 10.6 Å². The van der Waals surface area contributed by atoms with Crippen LogP contribution in [0.3, 0.4) is 0 Å². The Hall–Kier alpha value is -1.63. The molecular formula is C18H31N5O2. The molecule has 2 aliphatic rings. The number of fused-ring (bicyclic) bond motifs is 1. The van der Waals surface area contributed by atoms with Crippen molar-refractivity contribution in [1.29, 1.82) is 0 Å². The molecule has 0 spiro atoms. The number of amides is 2. The maximum Gasteiger partial charge on any atom is 0.315 e. The third-order valence-electron chi connectivity index (χ3n) is 5.64. The predicted octanol–water partition coefficient (Wildman–Crippen LogP) is 1.79. The number of nitrogens with zero attached hydrogens (tertiary/aromatic N) is 3. The average molecular weight is 349 g/mol. The summed E-state index contributed by atoms with van der Waals surface area (Å²) in [6, 6.07) is -0.154. The molecule has 1 aliphatic heterocycles. The quantitative estimate of drug-likeness (QED) is 0.756. The molecule has 25 heavy (non-hydrogen) atoms. The Morgan fingerprint density at radius 2 is 2.08 bits per heavy atom. The van der Waals surface area contributed by atoms with Gasteiger partial charge in [0.15, 0.2) is 5.82 Å². The summed E-state index contributed by atoms with van der Waals surface area (Å²) in [6.45, 7) is 4.85. The molecule has 7 nitrogen and oxygen atoms in total. The minimum absolute atomic E-state index is 0.0542. The summed E-state index contributed by atoms with van der Waals surface area (Å²) in [4.78, 5) is 16.7. The van der Waals surface area contributed by atoms with Gasteiger partial charge >= 0.3 is 6.03 Å². The number of aryl methyl sites for hydroxylation is 2. The van der Waals surface area contributed by atoms with Crippen molar-refractivity contribution in [2.75, 3.05) is 6.54 Å². The van der Waals surface area contributed by atoms with Crippen LogP contribution >= 0.6 is 0 Å². The lowest BCUT2D eigenvalue weighted by Gasteiger charge is -2.35. The molecule has 140 valence electrons. The number of aromatic nitrogens is 3. The van der Waals surface area contributed by atoms with E-state index in [1.807, 2.05) is 18.5 Å². The number of aliphatic hydroxyl groups is 1. The lowest BCUT2D eigenvalue weighted by Crippen LogP contribution is -2.52. The summed E-state index contributed by atoms with van der Waals surface area (Å²) < 4.78 is 1.91. The van der Waals surface area contributed by atoms with Gasteiger partial charge in [-0.05, 0) is 32.1 Å². The van der Waals surface area contributed by atoms with Crippen molar-refractivity contribution in [1.82, 2.24) is 25.4 Å². The van der Waals surface area contributed by atoms with Crippen molar-refractivity contribution in [2.24, 2.45) is 5.92 Å². The molecular weight excluding hydrogens is 318 g/mol. The highest BCUT2D eigenvalue weighted by atomic mass is 16.3. The molecule has 0 saturated heterocycles. The summed E-state index contributed by atoms with van der Waals surface area (Å²) in [6.07, 6.45) is 8.23. The van der Waals surface area contributed by atoms with Crippen molar-refractivity contribution < 1.29 is 9.90 Å². The molecule has 1 aromatic heterocycles. The molecule has 2 amide bonds. The van der Waals surface area contributed by atoms with Crippen molar-refractivity contribution in [3.05, 3.63) is 11.6 Å². The van der Waals surface area contributed by atoms with Crippen molar-refractivity contribution in [2.45, 2.75) is 83.4 Å². The topological polar surface area (TPSA) is 92.1 Å². The summed E-state index contributed by atoms with van der Waals surface area (Å²) in [5.74, 6) is 2.15. The summed E-state index contributed by atoms with van der Waals surface area (Å²) in [5, 5.41) is 21.0. The minimum Gasteiger partial charge on any atom is -0.388 e. The lowest BCUT2D eigenvalue weighted by molar-refractivity contribution is -0.0131. The maximum absolute atomic E-state index is 12.2. The van der Waals surface area contributed by atoms with Crippen molar-refractivity contribution in [3.8, 4) is 0 Å². The van der Waals surface area contributed by atoms with E-state index in [2.05, 4.69) is 20.7 Å². The van der Waals surface area contributed by atoms with Crippen LogP contribution in [0.2, 0.25) is 0 Å². The van der Waals surface area contributed by atoms with Gasteiger partial charge in [0, 0.05) is 19.4 Å². The first-order valence-electron chi connectivity index (χ1n) is 9.67. The van der Waals surface area contributed by atoms with E-state index in [-0.39, 0.29) is 18.0 Å². The van der Waals surface area contributed by atoms with Crippen LogP contribution in [0.25, 0.3) is 0 Å². The second kappa shape index (κ2) is 7.72. The van der Waals surface area contributed by atoms with Gasteiger partial charge in [-0.15, -0.1) is 0 Å². The molecule has 1 aliphatic carbocycles. The molecule has 3 rings (SSSR count). The molecule has 0 radical (unpaired) electrons. The maximum atomic E-state index is 12.2. The first-order chi connectivity index (χ1) is 12.0. The van der Waals surface area contributed by atoms with E-state index in [9.17, 15) is 9.90 Å². The van der Waals surface area contributed by atoms with E-state index in [1.165, 1.54) is 19.3 Å². The van der Waals surface area contributed by atoms with E-state index in [4.69, 9.17) is 0 Å². The molecule has 0 aromatic carbocycles. The zero-order chi connectivity index (χ0) is 17.9. The Labute approximate surface area is 149 Å². The van der Waals surface area contributed by atoms with Crippen LogP contribution in [0, 0.1) is 5.92 Å². The van der Waals surface area contributed by atoms with Crippen LogP contribution in [0.15, 0.2) is 0 Å². The number of hydrogen-bond acceptors (Lipinski definition) is 4. The lowest BCUT2D eigenvalue weighted by atomic mass is 9.78. The van der Waals surface area contributed by atoms with E-state index in [1.54, 1.807) is 0 Å². The summed E-state index contributed by atoms with van der Waals surface area (Å²) in [5.41, 5.74) is -0.834. The molecule has 2 heterocycles. The van der Waals surface area contributed by atoms with Crippen molar-refractivity contribution >= 4 is 6.03 Å². The standard InChI is InChI=1S/C18H31N5O2/c1-3-15-21-16-10-9-14(11-23(16)22-15)20-17(24)19-12-18(2,25)13-7-5-4-6-8-13/h13-14,25H,3-12H2,1-2H3,(H2,19,20,24)/t14-,18+/m0/s1. The molecule has 1 aromatic rings. The molecule has 0 unspecified atom stereocenters. The number of carbonyl (C=O) groups excluding carboxylic acids is 1. The fraction of sp³-hybridized carbons (Fsp3) is 0.833. The fourth-order valence-corrected chi connectivity index (χ4v) is 3.99. The molecule has 1 fully saturated rings. The molecule has 0 bridgehead atoms. The van der Waals surface area contributed by atoms with Gasteiger partial charge in [0.2, 0.25) is 0 Å². The number of rotatable bonds is 5. The highest BCUT2D eigenvalue weighted by molar-refractivity contribution is 5.74. The Kier molecular flexibility index (Phi) is 5.61. The zero-order valence-corrected chi connectivity index (χ0v) is 15.4. The predicted molar refractivity (Wildman–Crippen MR) is 95.2 cm³/mol. The zero-order valence-electron chi connectivity index (χ0n) is 15.4. The van der Waals surface area contributed by atoms with Crippen LogP contribution in [0.4, 0.5) is 4.79 Å². The van der Waals surface area contributed by atoms with Gasteiger partial charge in [0.05, 0.1) is 18.2 Å². The van der Waals surface area contributed by atoms with Crippen LogP contribution in [-0.2, 0) is 19.4 Å². The van der Waals surface area contributed by atoms with Gasteiger partial charge in [-0.3, -0.25) is 0 Å². The Bertz CT molecular complexity index is 592. The smallest absolute Gasteiger partial charge is 0.315 e. The highest BCUT2D eigenvalue weighted by Gasteiger charge is 2.33. The fourth-order valence-electron chi connectivity index (χ4n) is 3.99. The van der Waals surface area contributed by atoms with E-state index < -0.39 is 5.60 Å². The second-order valence-electron chi connectivity index (χ2n) is 7.73. The second-order valence-corrected chi connectivity index (χ2v) is 7.73. The summed E-state index contributed by atoms with van der Waals surface area (Å²) >= 11 is 0. The normalized spacial score (nSPS) is 23.6. The average Bonchev–Trinajstić information content (AvgIpc) is 3.03. The van der Waals surface area contributed by atoms with E-state index >= 15 is 0 Å². The van der Waals surface area contributed by atoms with Gasteiger partial charge in [-0.25, -0.2) is 14.5 Å². The molecule has 3 N–H and O–H groups in total. The number of nitrogens with one attached hydrogen (secondary N) is 2. The molecule has 1 saturated carbocycles. The summed E-state index contributed by atoms with van der Waals surface area (Å²) in [7, 11) is 0. The van der Waals surface area contributed by atoms with E-state index in [0.717, 1.165) is 43.8 Å². The van der Waals surface area contributed by atoms with Gasteiger partial charge in [0.25, 0.3) is 0 Å².